The van der Waals surface area contributed by atoms with Gasteiger partial charge < -0.3 is 9.84 Å². The van der Waals surface area contributed by atoms with E-state index in [1.807, 2.05) is 10.9 Å². The third-order valence-corrected chi connectivity index (χ3v) is 2.12. The highest BCUT2D eigenvalue weighted by Gasteiger charge is 2.07. The summed E-state index contributed by atoms with van der Waals surface area (Å²) >= 11 is 0. The molecule has 0 saturated heterocycles. The zero-order chi connectivity index (χ0) is 10.4. The highest BCUT2D eigenvalue weighted by atomic mass is 16.5. The van der Waals surface area contributed by atoms with E-state index in [4.69, 9.17) is 9.84 Å². The third kappa shape index (κ3) is 3.08. The number of methoxy groups -OCH3 is 1. The average Bonchev–Trinajstić information content (AvgIpc) is 2.63. The molecule has 0 aliphatic rings. The second-order valence-electron chi connectivity index (χ2n) is 3.29. The summed E-state index contributed by atoms with van der Waals surface area (Å²) in [4.78, 5) is 0. The van der Waals surface area contributed by atoms with Gasteiger partial charge in [-0.25, -0.2) is 4.68 Å². The van der Waals surface area contributed by atoms with Gasteiger partial charge in [0, 0.05) is 32.9 Å². The fraction of sp³-hybridized carbons (Fsp3) is 0.778. The van der Waals surface area contributed by atoms with Crippen molar-refractivity contribution in [2.45, 2.75) is 25.8 Å². The highest BCUT2D eigenvalue weighted by Crippen LogP contribution is 2.09. The van der Waals surface area contributed by atoms with Crippen LogP contribution in [0.5, 0.6) is 0 Å². The average molecular weight is 199 g/mol. The Kier molecular flexibility index (Phi) is 4.55. The van der Waals surface area contributed by atoms with Crippen molar-refractivity contribution < 1.29 is 9.84 Å². The predicted molar refractivity (Wildman–Crippen MR) is 52.0 cm³/mol. The van der Waals surface area contributed by atoms with Crippen molar-refractivity contribution in [3.8, 4) is 0 Å². The van der Waals surface area contributed by atoms with Gasteiger partial charge >= 0.3 is 0 Å². The SMILES string of the molecule is COCCC(C)n1cc(CCO)nn1. The minimum atomic E-state index is 0.116. The van der Waals surface area contributed by atoms with Crippen LogP contribution >= 0.6 is 0 Å². The van der Waals surface area contributed by atoms with Gasteiger partial charge in [0.1, 0.15) is 0 Å². The molecule has 0 saturated carbocycles. The molecule has 1 N–H and O–H groups in total. The summed E-state index contributed by atoms with van der Waals surface area (Å²) in [5.74, 6) is 0. The lowest BCUT2D eigenvalue weighted by atomic mass is 10.2. The minimum absolute atomic E-state index is 0.116. The predicted octanol–water partition coefficient (Wildman–Crippen LogP) is 0.410. The lowest BCUT2D eigenvalue weighted by Crippen LogP contribution is -2.08. The maximum absolute atomic E-state index is 8.71. The fourth-order valence-corrected chi connectivity index (χ4v) is 1.18. The molecule has 5 nitrogen and oxygen atoms in total. The van der Waals surface area contributed by atoms with Gasteiger partial charge in [0.25, 0.3) is 0 Å². The Labute approximate surface area is 83.7 Å². The molecule has 0 spiro atoms. The zero-order valence-corrected chi connectivity index (χ0v) is 8.68. The molecule has 0 radical (unpaired) electrons. The zero-order valence-electron chi connectivity index (χ0n) is 8.68. The summed E-state index contributed by atoms with van der Waals surface area (Å²) < 4.78 is 6.80. The molecular formula is C9H17N3O2. The molecule has 0 aliphatic heterocycles. The highest BCUT2D eigenvalue weighted by molar-refractivity contribution is 4.93. The van der Waals surface area contributed by atoms with E-state index in [0.717, 1.165) is 18.7 Å². The molecule has 0 fully saturated rings. The van der Waals surface area contributed by atoms with E-state index in [0.29, 0.717) is 6.42 Å². The second-order valence-corrected chi connectivity index (χ2v) is 3.29. The minimum Gasteiger partial charge on any atom is -0.396 e. The van der Waals surface area contributed by atoms with Crippen LogP contribution in [0.15, 0.2) is 6.20 Å². The summed E-state index contributed by atoms with van der Waals surface area (Å²) in [6.45, 7) is 2.90. The van der Waals surface area contributed by atoms with Gasteiger partial charge in [-0.05, 0) is 13.3 Å². The van der Waals surface area contributed by atoms with Crippen LogP contribution in [0.2, 0.25) is 0 Å². The first-order chi connectivity index (χ1) is 6.77. The molecule has 0 bridgehead atoms. The van der Waals surface area contributed by atoms with Gasteiger partial charge in [-0.1, -0.05) is 5.21 Å². The molecule has 0 aliphatic carbocycles. The number of hydrogen-bond acceptors (Lipinski definition) is 4. The summed E-state index contributed by atoms with van der Waals surface area (Å²) in [5.41, 5.74) is 0.830. The second kappa shape index (κ2) is 5.72. The quantitative estimate of drug-likeness (QED) is 0.721. The van der Waals surface area contributed by atoms with E-state index in [1.165, 1.54) is 0 Å². The Hall–Kier alpha value is -0.940. The van der Waals surface area contributed by atoms with E-state index in [1.54, 1.807) is 7.11 Å². The molecule has 1 atom stereocenters. The van der Waals surface area contributed by atoms with Crippen LogP contribution in [0.4, 0.5) is 0 Å². The molecule has 0 aromatic carbocycles. The monoisotopic (exact) mass is 199 g/mol. The Morgan fingerprint density at radius 3 is 3.07 bits per heavy atom. The molecule has 1 aromatic heterocycles. The van der Waals surface area contributed by atoms with Crippen LogP contribution in [-0.4, -0.2) is 40.4 Å². The lowest BCUT2D eigenvalue weighted by molar-refractivity contribution is 0.178. The maximum atomic E-state index is 8.71. The molecule has 1 rings (SSSR count). The topological polar surface area (TPSA) is 60.2 Å². The number of nitrogens with zero attached hydrogens (tertiary/aromatic N) is 3. The molecule has 80 valence electrons. The Bertz CT molecular complexity index is 262. The summed E-state index contributed by atoms with van der Waals surface area (Å²) in [7, 11) is 1.69. The Morgan fingerprint density at radius 2 is 2.43 bits per heavy atom. The molecule has 5 heteroatoms. The van der Waals surface area contributed by atoms with E-state index in [2.05, 4.69) is 17.2 Å². The number of aliphatic hydroxyl groups is 1. The number of ether oxygens (including phenoxy) is 1. The van der Waals surface area contributed by atoms with Gasteiger partial charge in [0.2, 0.25) is 0 Å². The van der Waals surface area contributed by atoms with Crippen molar-refractivity contribution in [2.75, 3.05) is 20.3 Å². The molecule has 1 unspecified atom stereocenters. The number of rotatable bonds is 6. The van der Waals surface area contributed by atoms with Crippen molar-refractivity contribution in [3.63, 3.8) is 0 Å². The number of hydrogen-bond donors (Lipinski definition) is 1. The normalized spacial score (nSPS) is 13.1. The van der Waals surface area contributed by atoms with Crippen molar-refractivity contribution in [1.29, 1.82) is 0 Å². The summed E-state index contributed by atoms with van der Waals surface area (Å²) in [5, 5.41) is 16.6. The smallest absolute Gasteiger partial charge is 0.0850 e. The van der Waals surface area contributed by atoms with Gasteiger partial charge in [0.05, 0.1) is 11.7 Å². The van der Waals surface area contributed by atoms with Gasteiger partial charge in [-0.15, -0.1) is 5.10 Å². The van der Waals surface area contributed by atoms with E-state index in [9.17, 15) is 0 Å². The maximum Gasteiger partial charge on any atom is 0.0850 e. The largest absolute Gasteiger partial charge is 0.396 e. The van der Waals surface area contributed by atoms with Crippen LogP contribution in [0, 0.1) is 0 Å². The number of aromatic nitrogens is 3. The van der Waals surface area contributed by atoms with Crippen LogP contribution in [0.1, 0.15) is 25.1 Å². The first-order valence-electron chi connectivity index (χ1n) is 4.78. The van der Waals surface area contributed by atoms with E-state index < -0.39 is 0 Å². The standard InChI is InChI=1S/C9H17N3O2/c1-8(4-6-14-2)12-7-9(3-5-13)10-11-12/h7-8,13H,3-6H2,1-2H3. The first kappa shape index (κ1) is 11.1. The number of aliphatic hydroxyl groups excluding tert-OH is 1. The third-order valence-electron chi connectivity index (χ3n) is 2.12. The van der Waals surface area contributed by atoms with E-state index in [-0.39, 0.29) is 12.6 Å². The Morgan fingerprint density at radius 1 is 1.64 bits per heavy atom. The molecular weight excluding hydrogens is 182 g/mol. The molecule has 0 amide bonds. The molecule has 1 aromatic rings. The van der Waals surface area contributed by atoms with Crippen LogP contribution in [0.25, 0.3) is 0 Å². The van der Waals surface area contributed by atoms with Crippen molar-refractivity contribution >= 4 is 0 Å². The Balaban J connectivity index is 2.48. The van der Waals surface area contributed by atoms with Crippen molar-refractivity contribution in [2.24, 2.45) is 0 Å². The summed E-state index contributed by atoms with van der Waals surface area (Å²) in [6.07, 6.45) is 3.35. The van der Waals surface area contributed by atoms with Gasteiger partial charge in [-0.3, -0.25) is 0 Å². The van der Waals surface area contributed by atoms with Crippen LogP contribution in [0.3, 0.4) is 0 Å². The van der Waals surface area contributed by atoms with Gasteiger partial charge in [-0.2, -0.15) is 0 Å². The van der Waals surface area contributed by atoms with Gasteiger partial charge in [0.15, 0.2) is 0 Å². The van der Waals surface area contributed by atoms with Crippen molar-refractivity contribution in [1.82, 2.24) is 15.0 Å². The molecule has 14 heavy (non-hydrogen) atoms. The first-order valence-corrected chi connectivity index (χ1v) is 4.78. The lowest BCUT2D eigenvalue weighted by Gasteiger charge is -2.09. The molecule has 1 heterocycles. The van der Waals surface area contributed by atoms with E-state index >= 15 is 0 Å². The summed E-state index contributed by atoms with van der Waals surface area (Å²) in [6, 6.07) is 0.287. The van der Waals surface area contributed by atoms with Crippen molar-refractivity contribution in [3.05, 3.63) is 11.9 Å². The fourth-order valence-electron chi connectivity index (χ4n) is 1.18. The van der Waals surface area contributed by atoms with Crippen LogP contribution < -0.4 is 0 Å². The van der Waals surface area contributed by atoms with Crippen LogP contribution in [-0.2, 0) is 11.2 Å².